The Morgan fingerprint density at radius 1 is 1.26 bits per heavy atom. The van der Waals surface area contributed by atoms with Gasteiger partial charge in [0.25, 0.3) is 5.91 Å². The van der Waals surface area contributed by atoms with Gasteiger partial charge >= 0.3 is 0 Å². The fraction of sp³-hybridized carbons (Fsp3) is 0.471. The van der Waals surface area contributed by atoms with Crippen LogP contribution in [-0.2, 0) is 19.5 Å². The fourth-order valence-corrected chi connectivity index (χ4v) is 2.86. The summed E-state index contributed by atoms with van der Waals surface area (Å²) in [5.41, 5.74) is 1.67. The minimum atomic E-state index is -0.0836. The van der Waals surface area contributed by atoms with Gasteiger partial charge in [0.15, 0.2) is 5.82 Å². The molecule has 23 heavy (non-hydrogen) atoms. The molecule has 0 bridgehead atoms. The molecule has 0 spiro atoms. The maximum atomic E-state index is 12.4. The standard InChI is InChI=1S/C17H23N5O/c1-21(2)14-8-6-7-13(11-14)17(23)18-12-16-20-19-15-9-4-3-5-10-22(15)16/h6-8,11H,3-5,9-10,12H2,1-2H3,(H,18,23). The summed E-state index contributed by atoms with van der Waals surface area (Å²) in [7, 11) is 3.92. The number of carbonyl (C=O) groups excluding carboxylic acids is 1. The van der Waals surface area contributed by atoms with Crippen molar-refractivity contribution in [1.29, 1.82) is 0 Å². The van der Waals surface area contributed by atoms with Gasteiger partial charge < -0.3 is 14.8 Å². The molecule has 1 aliphatic rings. The van der Waals surface area contributed by atoms with Gasteiger partial charge in [-0.05, 0) is 31.0 Å². The molecule has 6 nitrogen and oxygen atoms in total. The number of carbonyl (C=O) groups is 1. The number of hydrogen-bond acceptors (Lipinski definition) is 4. The molecule has 1 aliphatic heterocycles. The molecule has 1 aromatic carbocycles. The number of hydrogen-bond donors (Lipinski definition) is 1. The van der Waals surface area contributed by atoms with E-state index in [-0.39, 0.29) is 5.91 Å². The first-order valence-electron chi connectivity index (χ1n) is 8.11. The van der Waals surface area contributed by atoms with Gasteiger partial charge in [-0.3, -0.25) is 4.79 Å². The molecule has 0 saturated carbocycles. The highest BCUT2D eigenvalue weighted by molar-refractivity contribution is 5.95. The molecule has 122 valence electrons. The van der Waals surface area contributed by atoms with Gasteiger partial charge in [0.1, 0.15) is 5.82 Å². The number of benzene rings is 1. The molecule has 3 rings (SSSR count). The first kappa shape index (κ1) is 15.5. The number of fused-ring (bicyclic) bond motifs is 1. The third-order valence-electron chi connectivity index (χ3n) is 4.22. The van der Waals surface area contributed by atoms with E-state index in [9.17, 15) is 4.79 Å². The lowest BCUT2D eigenvalue weighted by atomic mass is 10.2. The van der Waals surface area contributed by atoms with Crippen molar-refractivity contribution in [2.24, 2.45) is 0 Å². The highest BCUT2D eigenvalue weighted by atomic mass is 16.1. The minimum absolute atomic E-state index is 0.0836. The first-order valence-corrected chi connectivity index (χ1v) is 8.11. The predicted molar refractivity (Wildman–Crippen MR) is 89.5 cm³/mol. The Morgan fingerprint density at radius 2 is 2.13 bits per heavy atom. The number of aryl methyl sites for hydroxylation is 1. The lowest BCUT2D eigenvalue weighted by Gasteiger charge is -2.13. The summed E-state index contributed by atoms with van der Waals surface area (Å²) in [6.07, 6.45) is 4.52. The average Bonchev–Trinajstić information content (AvgIpc) is 2.79. The van der Waals surface area contributed by atoms with Crippen LogP contribution in [0.25, 0.3) is 0 Å². The Bertz CT molecular complexity index is 692. The lowest BCUT2D eigenvalue weighted by Crippen LogP contribution is -2.25. The van der Waals surface area contributed by atoms with E-state index in [1.807, 2.05) is 43.3 Å². The summed E-state index contributed by atoms with van der Waals surface area (Å²) in [5, 5.41) is 11.5. The normalized spacial score (nSPS) is 14.0. The summed E-state index contributed by atoms with van der Waals surface area (Å²) < 4.78 is 2.16. The summed E-state index contributed by atoms with van der Waals surface area (Å²) in [5.74, 6) is 1.81. The van der Waals surface area contributed by atoms with E-state index >= 15 is 0 Å². The maximum absolute atomic E-state index is 12.4. The Labute approximate surface area is 136 Å². The highest BCUT2D eigenvalue weighted by Crippen LogP contribution is 2.15. The topological polar surface area (TPSA) is 63.1 Å². The van der Waals surface area contributed by atoms with Gasteiger partial charge in [-0.1, -0.05) is 12.5 Å². The van der Waals surface area contributed by atoms with Gasteiger partial charge in [0, 0.05) is 38.3 Å². The molecular formula is C17H23N5O. The van der Waals surface area contributed by atoms with Crippen molar-refractivity contribution in [3.8, 4) is 0 Å². The van der Waals surface area contributed by atoms with Crippen molar-refractivity contribution in [2.75, 3.05) is 19.0 Å². The van der Waals surface area contributed by atoms with Crippen molar-refractivity contribution in [2.45, 2.75) is 38.8 Å². The molecule has 0 fully saturated rings. The number of anilines is 1. The van der Waals surface area contributed by atoms with Crippen molar-refractivity contribution >= 4 is 11.6 Å². The molecular weight excluding hydrogens is 290 g/mol. The van der Waals surface area contributed by atoms with Crippen molar-refractivity contribution in [1.82, 2.24) is 20.1 Å². The lowest BCUT2D eigenvalue weighted by molar-refractivity contribution is 0.0949. The predicted octanol–water partition coefficient (Wildman–Crippen LogP) is 2.00. The van der Waals surface area contributed by atoms with E-state index < -0.39 is 0 Å². The number of aromatic nitrogens is 3. The zero-order valence-electron chi connectivity index (χ0n) is 13.7. The van der Waals surface area contributed by atoms with E-state index in [4.69, 9.17) is 0 Å². The Kier molecular flexibility index (Phi) is 4.60. The number of amides is 1. The van der Waals surface area contributed by atoms with Crippen molar-refractivity contribution in [3.05, 3.63) is 41.5 Å². The number of rotatable bonds is 4. The summed E-state index contributed by atoms with van der Waals surface area (Å²) >= 11 is 0. The fourth-order valence-electron chi connectivity index (χ4n) is 2.86. The van der Waals surface area contributed by atoms with Crippen LogP contribution < -0.4 is 10.2 Å². The molecule has 1 amide bonds. The Morgan fingerprint density at radius 3 is 2.96 bits per heavy atom. The zero-order chi connectivity index (χ0) is 16.2. The van der Waals surface area contributed by atoms with Crippen LogP contribution in [0, 0.1) is 0 Å². The van der Waals surface area contributed by atoms with Crippen LogP contribution >= 0.6 is 0 Å². The molecule has 0 aliphatic carbocycles. The average molecular weight is 313 g/mol. The maximum Gasteiger partial charge on any atom is 0.251 e. The van der Waals surface area contributed by atoms with Gasteiger partial charge in [0.05, 0.1) is 6.54 Å². The molecule has 0 unspecified atom stereocenters. The second-order valence-corrected chi connectivity index (χ2v) is 6.12. The van der Waals surface area contributed by atoms with E-state index in [1.165, 1.54) is 12.8 Å². The summed E-state index contributed by atoms with van der Waals surface area (Å²) in [6, 6.07) is 7.59. The van der Waals surface area contributed by atoms with Crippen molar-refractivity contribution in [3.63, 3.8) is 0 Å². The van der Waals surface area contributed by atoms with Crippen LogP contribution in [0.5, 0.6) is 0 Å². The molecule has 2 aromatic rings. The van der Waals surface area contributed by atoms with Crippen LogP contribution in [0.4, 0.5) is 5.69 Å². The van der Waals surface area contributed by atoms with Crippen LogP contribution in [0.3, 0.4) is 0 Å². The highest BCUT2D eigenvalue weighted by Gasteiger charge is 2.15. The van der Waals surface area contributed by atoms with E-state index in [1.54, 1.807) is 0 Å². The quantitative estimate of drug-likeness (QED) is 0.938. The minimum Gasteiger partial charge on any atom is -0.378 e. The smallest absolute Gasteiger partial charge is 0.251 e. The zero-order valence-corrected chi connectivity index (χ0v) is 13.7. The van der Waals surface area contributed by atoms with E-state index in [0.29, 0.717) is 12.1 Å². The SMILES string of the molecule is CN(C)c1cccc(C(=O)NCc2nnc3n2CCCCC3)c1. The summed E-state index contributed by atoms with van der Waals surface area (Å²) in [4.78, 5) is 14.3. The Balaban J connectivity index is 1.68. The van der Waals surface area contributed by atoms with Crippen molar-refractivity contribution < 1.29 is 4.79 Å². The largest absolute Gasteiger partial charge is 0.378 e. The molecule has 1 aromatic heterocycles. The monoisotopic (exact) mass is 313 g/mol. The summed E-state index contributed by atoms with van der Waals surface area (Å²) in [6.45, 7) is 1.36. The molecule has 0 radical (unpaired) electrons. The third kappa shape index (κ3) is 3.52. The van der Waals surface area contributed by atoms with Gasteiger partial charge in [-0.2, -0.15) is 0 Å². The van der Waals surface area contributed by atoms with Crippen LogP contribution in [-0.4, -0.2) is 34.8 Å². The molecule has 0 atom stereocenters. The third-order valence-corrected chi connectivity index (χ3v) is 4.22. The molecule has 0 saturated heterocycles. The van der Waals surface area contributed by atoms with Crippen LogP contribution in [0.15, 0.2) is 24.3 Å². The van der Waals surface area contributed by atoms with Crippen LogP contribution in [0.2, 0.25) is 0 Å². The Hall–Kier alpha value is -2.37. The first-order chi connectivity index (χ1) is 11.1. The molecule has 2 heterocycles. The second-order valence-electron chi connectivity index (χ2n) is 6.12. The number of nitrogens with zero attached hydrogens (tertiary/aromatic N) is 4. The van der Waals surface area contributed by atoms with Gasteiger partial charge in [-0.25, -0.2) is 0 Å². The van der Waals surface area contributed by atoms with E-state index in [0.717, 1.165) is 36.7 Å². The van der Waals surface area contributed by atoms with Crippen LogP contribution in [0.1, 0.15) is 41.3 Å². The van der Waals surface area contributed by atoms with Gasteiger partial charge in [0.2, 0.25) is 0 Å². The van der Waals surface area contributed by atoms with E-state index in [2.05, 4.69) is 20.1 Å². The molecule has 1 N–H and O–H groups in total. The van der Waals surface area contributed by atoms with Gasteiger partial charge in [-0.15, -0.1) is 10.2 Å². The second kappa shape index (κ2) is 6.81. The molecule has 6 heteroatoms. The number of nitrogens with one attached hydrogen (secondary N) is 1.